The van der Waals surface area contributed by atoms with Crippen LogP contribution in [0, 0.1) is 17.2 Å². The molecule has 3 rings (SSSR count). The van der Waals surface area contributed by atoms with Crippen molar-refractivity contribution in [1.29, 1.82) is 5.26 Å². The van der Waals surface area contributed by atoms with Crippen LogP contribution in [0.3, 0.4) is 0 Å². The van der Waals surface area contributed by atoms with Crippen molar-refractivity contribution in [3.8, 4) is 6.07 Å². The first-order valence-corrected chi connectivity index (χ1v) is 8.70. The molecule has 0 radical (unpaired) electrons. The number of aromatic nitrogens is 1. The smallest absolute Gasteiger partial charge is 0.223 e. The number of hydrogen-bond donors (Lipinski definition) is 2. The molecule has 2 N–H and O–H groups in total. The molecule has 5 nitrogen and oxygen atoms in total. The van der Waals surface area contributed by atoms with Gasteiger partial charge in [-0.25, -0.2) is 0 Å². The Morgan fingerprint density at radius 1 is 1.33 bits per heavy atom. The molecule has 0 unspecified atom stereocenters. The standard InChI is InChI=1S/C19H24N4O/c20-9-3-11-23-12-7-15(8-13-23)19(24)21-10-6-16-14-22-18-5-2-1-4-17(16)18/h1-2,4-5,14-15,22H,3,6-8,10-13H2,(H,21,24). The fourth-order valence-corrected chi connectivity index (χ4v) is 3.43. The quantitative estimate of drug-likeness (QED) is 0.857. The van der Waals surface area contributed by atoms with Gasteiger partial charge in [0.2, 0.25) is 5.91 Å². The maximum Gasteiger partial charge on any atom is 0.223 e. The molecule has 1 aromatic heterocycles. The third-order valence-electron chi connectivity index (χ3n) is 4.87. The first kappa shape index (κ1) is 16.5. The molecule has 0 atom stereocenters. The van der Waals surface area contributed by atoms with E-state index in [1.807, 2.05) is 18.3 Å². The van der Waals surface area contributed by atoms with Gasteiger partial charge in [-0.2, -0.15) is 5.26 Å². The van der Waals surface area contributed by atoms with E-state index in [2.05, 4.69) is 33.4 Å². The average molecular weight is 324 g/mol. The van der Waals surface area contributed by atoms with Crippen LogP contribution in [-0.4, -0.2) is 42.0 Å². The Labute approximate surface area is 142 Å². The molecule has 1 amide bonds. The average Bonchev–Trinajstić information content (AvgIpc) is 3.03. The van der Waals surface area contributed by atoms with Gasteiger partial charge in [-0.15, -0.1) is 0 Å². The van der Waals surface area contributed by atoms with Crippen molar-refractivity contribution < 1.29 is 4.79 Å². The van der Waals surface area contributed by atoms with Gasteiger partial charge in [-0.05, 0) is 44.0 Å². The van der Waals surface area contributed by atoms with Crippen LogP contribution in [0.4, 0.5) is 0 Å². The van der Waals surface area contributed by atoms with Crippen LogP contribution < -0.4 is 5.32 Å². The lowest BCUT2D eigenvalue weighted by Crippen LogP contribution is -2.41. The molecule has 0 bridgehead atoms. The van der Waals surface area contributed by atoms with Crippen molar-refractivity contribution in [2.75, 3.05) is 26.2 Å². The summed E-state index contributed by atoms with van der Waals surface area (Å²) < 4.78 is 0. The molecule has 0 spiro atoms. The molecule has 1 aromatic carbocycles. The molecule has 1 fully saturated rings. The number of nitriles is 1. The summed E-state index contributed by atoms with van der Waals surface area (Å²) in [5, 5.41) is 13.0. The number of piperidine rings is 1. The minimum atomic E-state index is 0.117. The third kappa shape index (κ3) is 3.95. The summed E-state index contributed by atoms with van der Waals surface area (Å²) in [4.78, 5) is 17.9. The maximum absolute atomic E-state index is 12.3. The van der Waals surface area contributed by atoms with Gasteiger partial charge in [-0.1, -0.05) is 18.2 Å². The predicted octanol–water partition coefficient (Wildman–Crippen LogP) is 2.45. The number of nitrogens with one attached hydrogen (secondary N) is 2. The second-order valence-corrected chi connectivity index (χ2v) is 6.42. The number of amides is 1. The van der Waals surface area contributed by atoms with E-state index in [4.69, 9.17) is 5.26 Å². The highest BCUT2D eigenvalue weighted by Crippen LogP contribution is 2.19. The fourth-order valence-electron chi connectivity index (χ4n) is 3.43. The monoisotopic (exact) mass is 324 g/mol. The van der Waals surface area contributed by atoms with Crippen molar-refractivity contribution in [2.45, 2.75) is 25.7 Å². The van der Waals surface area contributed by atoms with Crippen molar-refractivity contribution in [2.24, 2.45) is 5.92 Å². The maximum atomic E-state index is 12.3. The number of carbonyl (C=O) groups excluding carboxylic acids is 1. The molecule has 126 valence electrons. The van der Waals surface area contributed by atoms with Crippen LogP contribution in [0.15, 0.2) is 30.5 Å². The van der Waals surface area contributed by atoms with Gasteiger partial charge >= 0.3 is 0 Å². The number of aromatic amines is 1. The minimum Gasteiger partial charge on any atom is -0.361 e. The van der Waals surface area contributed by atoms with Crippen LogP contribution in [0.1, 0.15) is 24.8 Å². The van der Waals surface area contributed by atoms with Crippen LogP contribution in [0.2, 0.25) is 0 Å². The summed E-state index contributed by atoms with van der Waals surface area (Å²) in [6.45, 7) is 3.34. The van der Waals surface area contributed by atoms with E-state index >= 15 is 0 Å². The zero-order valence-electron chi connectivity index (χ0n) is 13.9. The summed E-state index contributed by atoms with van der Waals surface area (Å²) in [5.41, 5.74) is 2.39. The lowest BCUT2D eigenvalue weighted by Gasteiger charge is -2.30. The number of carbonyl (C=O) groups is 1. The Morgan fingerprint density at radius 2 is 2.12 bits per heavy atom. The van der Waals surface area contributed by atoms with Gasteiger partial charge in [-0.3, -0.25) is 4.79 Å². The first-order chi connectivity index (χ1) is 11.8. The number of nitrogens with zero attached hydrogens (tertiary/aromatic N) is 2. The second kappa shape index (κ2) is 7.98. The van der Waals surface area contributed by atoms with E-state index in [1.54, 1.807) is 0 Å². The SMILES string of the molecule is N#CCCN1CCC(C(=O)NCCc2c[nH]c3ccccc23)CC1. The zero-order chi connectivity index (χ0) is 16.8. The third-order valence-corrected chi connectivity index (χ3v) is 4.87. The molecule has 1 aliphatic rings. The Balaban J connectivity index is 1.42. The number of rotatable bonds is 6. The van der Waals surface area contributed by atoms with Crippen molar-refractivity contribution in [3.05, 3.63) is 36.0 Å². The molecule has 2 heterocycles. The largest absolute Gasteiger partial charge is 0.361 e. The Morgan fingerprint density at radius 3 is 2.92 bits per heavy atom. The molecular weight excluding hydrogens is 300 g/mol. The molecule has 2 aromatic rings. The van der Waals surface area contributed by atoms with E-state index < -0.39 is 0 Å². The summed E-state index contributed by atoms with van der Waals surface area (Å²) in [5.74, 6) is 0.293. The van der Waals surface area contributed by atoms with E-state index in [-0.39, 0.29) is 11.8 Å². The van der Waals surface area contributed by atoms with Crippen LogP contribution in [0.25, 0.3) is 10.9 Å². The lowest BCUT2D eigenvalue weighted by molar-refractivity contribution is -0.126. The molecule has 24 heavy (non-hydrogen) atoms. The molecule has 1 saturated heterocycles. The Hall–Kier alpha value is -2.32. The topological polar surface area (TPSA) is 71.9 Å². The van der Waals surface area contributed by atoms with Gasteiger partial charge in [0.25, 0.3) is 0 Å². The number of likely N-dealkylation sites (tertiary alicyclic amines) is 1. The molecular formula is C19H24N4O. The molecule has 1 aliphatic heterocycles. The van der Waals surface area contributed by atoms with E-state index in [0.29, 0.717) is 13.0 Å². The number of fused-ring (bicyclic) bond motifs is 1. The normalized spacial score (nSPS) is 16.1. The zero-order valence-corrected chi connectivity index (χ0v) is 13.9. The van der Waals surface area contributed by atoms with Crippen LogP contribution >= 0.6 is 0 Å². The first-order valence-electron chi connectivity index (χ1n) is 8.70. The molecule has 5 heteroatoms. The van der Waals surface area contributed by atoms with Crippen molar-refractivity contribution in [1.82, 2.24) is 15.2 Å². The highest BCUT2D eigenvalue weighted by atomic mass is 16.1. The number of H-pyrrole nitrogens is 1. The van der Waals surface area contributed by atoms with Gasteiger partial charge in [0.05, 0.1) is 6.07 Å². The van der Waals surface area contributed by atoms with Gasteiger partial charge < -0.3 is 15.2 Å². The van der Waals surface area contributed by atoms with Gasteiger partial charge in [0.15, 0.2) is 0 Å². The van der Waals surface area contributed by atoms with Crippen LogP contribution in [-0.2, 0) is 11.2 Å². The number of benzene rings is 1. The van der Waals surface area contributed by atoms with Gasteiger partial charge in [0, 0.05) is 42.5 Å². The Kier molecular flexibility index (Phi) is 5.50. The summed E-state index contributed by atoms with van der Waals surface area (Å²) in [6.07, 6.45) is 5.23. The Bertz CT molecular complexity index is 722. The van der Waals surface area contributed by atoms with Crippen molar-refractivity contribution in [3.63, 3.8) is 0 Å². The highest BCUT2D eigenvalue weighted by molar-refractivity contribution is 5.83. The van der Waals surface area contributed by atoms with E-state index in [9.17, 15) is 4.79 Å². The predicted molar refractivity (Wildman–Crippen MR) is 94.4 cm³/mol. The fraction of sp³-hybridized carbons (Fsp3) is 0.474. The summed E-state index contributed by atoms with van der Waals surface area (Å²) in [7, 11) is 0. The van der Waals surface area contributed by atoms with E-state index in [1.165, 1.54) is 10.9 Å². The number of para-hydroxylation sites is 1. The van der Waals surface area contributed by atoms with Gasteiger partial charge in [0.1, 0.15) is 0 Å². The van der Waals surface area contributed by atoms with E-state index in [0.717, 1.165) is 44.4 Å². The lowest BCUT2D eigenvalue weighted by atomic mass is 9.95. The minimum absolute atomic E-state index is 0.117. The summed E-state index contributed by atoms with van der Waals surface area (Å²) >= 11 is 0. The second-order valence-electron chi connectivity index (χ2n) is 6.42. The highest BCUT2D eigenvalue weighted by Gasteiger charge is 2.24. The summed E-state index contributed by atoms with van der Waals surface area (Å²) in [6, 6.07) is 10.4. The van der Waals surface area contributed by atoms with Crippen molar-refractivity contribution >= 4 is 16.8 Å². The molecule has 0 saturated carbocycles. The van der Waals surface area contributed by atoms with Crippen LogP contribution in [0.5, 0.6) is 0 Å². The number of hydrogen-bond acceptors (Lipinski definition) is 3. The molecule has 0 aliphatic carbocycles.